The number of rotatable bonds is 2. The fourth-order valence-electron chi connectivity index (χ4n) is 2.49. The quantitative estimate of drug-likeness (QED) is 0.772. The third kappa shape index (κ3) is 1.86. The molecule has 1 saturated heterocycles. The van der Waals surface area contributed by atoms with Crippen LogP contribution in [0.3, 0.4) is 0 Å². The fraction of sp³-hybridized carbons (Fsp3) is 0.385. The van der Waals surface area contributed by atoms with Crippen LogP contribution in [-0.4, -0.2) is 34.8 Å². The van der Waals surface area contributed by atoms with Crippen LogP contribution in [0, 0.1) is 5.92 Å². The zero-order valence-electron chi connectivity index (χ0n) is 10.1. The zero-order valence-corrected chi connectivity index (χ0v) is 10.1. The van der Waals surface area contributed by atoms with Gasteiger partial charge in [-0.3, -0.25) is 0 Å². The van der Waals surface area contributed by atoms with E-state index in [1.54, 1.807) is 6.33 Å². The number of aromatic nitrogens is 2. The maximum atomic E-state index is 9.20. The maximum absolute atomic E-state index is 9.20. The normalized spacial score (nSPS) is 19.6. The molecule has 5 nitrogen and oxygen atoms in total. The van der Waals surface area contributed by atoms with Crippen molar-refractivity contribution >= 4 is 22.4 Å². The van der Waals surface area contributed by atoms with Crippen molar-refractivity contribution in [2.45, 2.75) is 6.42 Å². The van der Waals surface area contributed by atoms with Crippen LogP contribution in [0.5, 0.6) is 0 Å². The van der Waals surface area contributed by atoms with Crippen LogP contribution in [0.25, 0.3) is 10.9 Å². The second-order valence-electron chi connectivity index (χ2n) is 4.76. The van der Waals surface area contributed by atoms with E-state index in [9.17, 15) is 5.11 Å². The van der Waals surface area contributed by atoms with Gasteiger partial charge in [-0.25, -0.2) is 9.97 Å². The first-order valence-electron chi connectivity index (χ1n) is 6.14. The molecule has 0 radical (unpaired) electrons. The fourth-order valence-corrected chi connectivity index (χ4v) is 2.49. The van der Waals surface area contributed by atoms with Gasteiger partial charge < -0.3 is 15.7 Å². The third-order valence-electron chi connectivity index (χ3n) is 3.48. The second kappa shape index (κ2) is 4.42. The van der Waals surface area contributed by atoms with Crippen LogP contribution in [0.2, 0.25) is 0 Å². The van der Waals surface area contributed by atoms with E-state index in [4.69, 9.17) is 5.73 Å². The molecule has 5 heteroatoms. The van der Waals surface area contributed by atoms with E-state index in [0.717, 1.165) is 36.2 Å². The molecule has 1 atom stereocenters. The lowest BCUT2D eigenvalue weighted by molar-refractivity contribution is 0.238. The summed E-state index contributed by atoms with van der Waals surface area (Å²) in [6.45, 7) is 2.03. The molecule has 94 valence electrons. The number of aliphatic hydroxyl groups is 1. The average molecular weight is 244 g/mol. The summed E-state index contributed by atoms with van der Waals surface area (Å²) in [4.78, 5) is 10.8. The van der Waals surface area contributed by atoms with Gasteiger partial charge in [-0.2, -0.15) is 0 Å². The highest BCUT2D eigenvalue weighted by Gasteiger charge is 2.24. The van der Waals surface area contributed by atoms with Crippen LogP contribution in [-0.2, 0) is 0 Å². The Bertz CT molecular complexity index is 572. The predicted molar refractivity (Wildman–Crippen MR) is 71.4 cm³/mol. The van der Waals surface area contributed by atoms with Crippen molar-refractivity contribution in [3.8, 4) is 0 Å². The Labute approximate surface area is 105 Å². The van der Waals surface area contributed by atoms with Crippen molar-refractivity contribution in [3.05, 3.63) is 24.5 Å². The monoisotopic (exact) mass is 244 g/mol. The summed E-state index contributed by atoms with van der Waals surface area (Å²) in [5.74, 6) is 1.29. The van der Waals surface area contributed by atoms with Crippen LogP contribution < -0.4 is 10.6 Å². The number of anilines is 2. The molecular weight excluding hydrogens is 228 g/mol. The highest BCUT2D eigenvalue weighted by atomic mass is 16.3. The van der Waals surface area contributed by atoms with Crippen LogP contribution >= 0.6 is 0 Å². The standard InChI is InChI=1S/C13H16N4O/c14-10-1-2-11-12(5-10)15-8-16-13(11)17-4-3-9(6-17)7-18/h1-2,5,8-9,18H,3-4,6-7,14H2. The van der Waals surface area contributed by atoms with Crippen molar-refractivity contribution in [1.82, 2.24) is 9.97 Å². The van der Waals surface area contributed by atoms with Crippen LogP contribution in [0.1, 0.15) is 6.42 Å². The molecule has 2 heterocycles. The Morgan fingerprint density at radius 3 is 3.06 bits per heavy atom. The summed E-state index contributed by atoms with van der Waals surface area (Å²) < 4.78 is 0. The smallest absolute Gasteiger partial charge is 0.139 e. The molecule has 0 amide bonds. The molecule has 0 spiro atoms. The number of hydrogen-bond donors (Lipinski definition) is 2. The summed E-state index contributed by atoms with van der Waals surface area (Å²) in [6.07, 6.45) is 2.58. The molecule has 1 aliphatic rings. The van der Waals surface area contributed by atoms with E-state index in [1.807, 2.05) is 18.2 Å². The Kier molecular flexibility index (Phi) is 2.76. The average Bonchev–Trinajstić information content (AvgIpc) is 2.86. The number of aliphatic hydroxyl groups excluding tert-OH is 1. The van der Waals surface area contributed by atoms with Gasteiger partial charge in [-0.1, -0.05) is 0 Å². The first kappa shape index (κ1) is 11.2. The number of nitrogen functional groups attached to an aromatic ring is 1. The lowest BCUT2D eigenvalue weighted by Gasteiger charge is -2.18. The highest BCUT2D eigenvalue weighted by molar-refractivity contribution is 5.91. The van der Waals surface area contributed by atoms with Gasteiger partial charge in [-0.05, 0) is 24.6 Å². The van der Waals surface area contributed by atoms with Gasteiger partial charge in [0.05, 0.1) is 5.52 Å². The molecule has 1 aliphatic heterocycles. The molecule has 18 heavy (non-hydrogen) atoms. The van der Waals surface area contributed by atoms with Gasteiger partial charge in [0.1, 0.15) is 12.1 Å². The minimum absolute atomic E-state index is 0.243. The maximum Gasteiger partial charge on any atom is 0.139 e. The van der Waals surface area contributed by atoms with Gasteiger partial charge >= 0.3 is 0 Å². The predicted octanol–water partition coefficient (Wildman–Crippen LogP) is 1.03. The molecule has 0 bridgehead atoms. The summed E-state index contributed by atoms with van der Waals surface area (Å²) in [5, 5.41) is 10.2. The number of hydrogen-bond acceptors (Lipinski definition) is 5. The number of fused-ring (bicyclic) bond motifs is 1. The van der Waals surface area contributed by atoms with Gasteiger partial charge in [0, 0.05) is 36.7 Å². The summed E-state index contributed by atoms with van der Waals surface area (Å²) >= 11 is 0. The summed E-state index contributed by atoms with van der Waals surface area (Å²) in [7, 11) is 0. The lowest BCUT2D eigenvalue weighted by Crippen LogP contribution is -2.22. The Balaban J connectivity index is 2.02. The number of nitrogens with zero attached hydrogens (tertiary/aromatic N) is 3. The van der Waals surface area contributed by atoms with E-state index in [2.05, 4.69) is 14.9 Å². The van der Waals surface area contributed by atoms with E-state index in [-0.39, 0.29) is 6.61 Å². The SMILES string of the molecule is Nc1ccc2c(N3CCC(CO)C3)ncnc2c1. The first-order chi connectivity index (χ1) is 8.78. The molecule has 3 N–H and O–H groups in total. The van der Waals surface area contributed by atoms with E-state index in [0.29, 0.717) is 11.6 Å². The number of benzene rings is 1. The van der Waals surface area contributed by atoms with Crippen molar-refractivity contribution in [2.24, 2.45) is 5.92 Å². The van der Waals surface area contributed by atoms with Gasteiger partial charge in [0.25, 0.3) is 0 Å². The lowest BCUT2D eigenvalue weighted by atomic mass is 10.1. The molecule has 0 aliphatic carbocycles. The van der Waals surface area contributed by atoms with Crippen molar-refractivity contribution in [2.75, 3.05) is 30.3 Å². The molecule has 2 aromatic rings. The van der Waals surface area contributed by atoms with Gasteiger partial charge in [0.2, 0.25) is 0 Å². The van der Waals surface area contributed by atoms with E-state index >= 15 is 0 Å². The first-order valence-corrected chi connectivity index (χ1v) is 6.14. The molecule has 0 saturated carbocycles. The van der Waals surface area contributed by atoms with E-state index in [1.165, 1.54) is 0 Å². The molecular formula is C13H16N4O. The zero-order chi connectivity index (χ0) is 12.5. The highest BCUT2D eigenvalue weighted by Crippen LogP contribution is 2.28. The number of nitrogens with two attached hydrogens (primary N) is 1. The van der Waals surface area contributed by atoms with Crippen molar-refractivity contribution < 1.29 is 5.11 Å². The third-order valence-corrected chi connectivity index (χ3v) is 3.48. The topological polar surface area (TPSA) is 75.3 Å². The summed E-state index contributed by atoms with van der Waals surface area (Å²) in [6, 6.07) is 5.70. The Hall–Kier alpha value is -1.88. The van der Waals surface area contributed by atoms with Crippen LogP contribution in [0.15, 0.2) is 24.5 Å². The summed E-state index contributed by atoms with van der Waals surface area (Å²) in [5.41, 5.74) is 7.34. The van der Waals surface area contributed by atoms with E-state index < -0.39 is 0 Å². The Morgan fingerprint density at radius 1 is 1.39 bits per heavy atom. The van der Waals surface area contributed by atoms with Crippen molar-refractivity contribution in [3.63, 3.8) is 0 Å². The molecule has 1 fully saturated rings. The van der Waals surface area contributed by atoms with Gasteiger partial charge in [-0.15, -0.1) is 0 Å². The minimum Gasteiger partial charge on any atom is -0.399 e. The van der Waals surface area contributed by atoms with Gasteiger partial charge in [0.15, 0.2) is 0 Å². The Morgan fingerprint density at radius 2 is 2.28 bits per heavy atom. The minimum atomic E-state index is 0.243. The van der Waals surface area contributed by atoms with Crippen LogP contribution in [0.4, 0.5) is 11.5 Å². The molecule has 3 rings (SSSR count). The molecule has 1 aromatic heterocycles. The largest absolute Gasteiger partial charge is 0.399 e. The molecule has 1 unspecified atom stereocenters. The second-order valence-corrected chi connectivity index (χ2v) is 4.76. The molecule has 1 aromatic carbocycles. The van der Waals surface area contributed by atoms with Crippen molar-refractivity contribution in [1.29, 1.82) is 0 Å².